The average Bonchev–Trinajstić information content (AvgIpc) is 2.22. The van der Waals surface area contributed by atoms with E-state index < -0.39 is 0 Å². The van der Waals surface area contributed by atoms with Crippen LogP contribution in [0.1, 0.15) is 12.0 Å². The Morgan fingerprint density at radius 3 is 2.50 bits per heavy atom. The van der Waals surface area contributed by atoms with Crippen LogP contribution < -0.4 is 5.73 Å². The molecule has 0 amide bonds. The highest BCUT2D eigenvalue weighted by molar-refractivity contribution is 6.30. The minimum Gasteiger partial charge on any atom is -0.327 e. The van der Waals surface area contributed by atoms with Crippen molar-refractivity contribution in [2.24, 2.45) is 5.73 Å². The van der Waals surface area contributed by atoms with Crippen molar-refractivity contribution in [3.8, 4) is 0 Å². The molecule has 0 radical (unpaired) electrons. The number of rotatable bonds is 4. The Kier molecular flexibility index (Phi) is 4.63. The van der Waals surface area contributed by atoms with E-state index in [2.05, 4.69) is 0 Å². The minimum atomic E-state index is 0.282. The minimum absolute atomic E-state index is 0.282. The van der Waals surface area contributed by atoms with Gasteiger partial charge in [-0.1, -0.05) is 23.7 Å². The lowest BCUT2D eigenvalue weighted by Crippen LogP contribution is -2.03. The third-order valence-corrected chi connectivity index (χ3v) is 2.32. The molecule has 0 saturated carbocycles. The van der Waals surface area contributed by atoms with Gasteiger partial charge in [-0.05, 0) is 36.1 Å². The molecule has 0 fully saturated rings. The highest BCUT2D eigenvalue weighted by atomic mass is 35.5. The number of hydrogen-bond acceptors (Lipinski definition) is 1. The van der Waals surface area contributed by atoms with E-state index in [0.29, 0.717) is 23.3 Å². The molecule has 1 aromatic carbocycles. The van der Waals surface area contributed by atoms with E-state index in [0.717, 1.165) is 12.0 Å². The summed E-state index contributed by atoms with van der Waals surface area (Å²) in [5.74, 6) is 0. The summed E-state index contributed by atoms with van der Waals surface area (Å²) in [6, 6.07) is 7.54. The second kappa shape index (κ2) is 5.78. The molecule has 1 nitrogen and oxygen atoms in total. The standard InChI is InChI=1S/C11H13ClFN/c12-11-5-3-9(4-6-11)1-2-10(7-13)8-14/h3-7H,1-2,8,14H2/b10-7+. The van der Waals surface area contributed by atoms with Crippen molar-refractivity contribution in [2.45, 2.75) is 12.8 Å². The summed E-state index contributed by atoms with van der Waals surface area (Å²) in [4.78, 5) is 0. The fraction of sp³-hybridized carbons (Fsp3) is 0.273. The van der Waals surface area contributed by atoms with Crippen molar-refractivity contribution in [3.05, 3.63) is 46.8 Å². The molecule has 0 heterocycles. The molecule has 14 heavy (non-hydrogen) atoms. The van der Waals surface area contributed by atoms with E-state index in [1.807, 2.05) is 24.3 Å². The molecule has 76 valence electrons. The van der Waals surface area contributed by atoms with Gasteiger partial charge in [0, 0.05) is 11.6 Å². The van der Waals surface area contributed by atoms with E-state index in [4.69, 9.17) is 17.3 Å². The van der Waals surface area contributed by atoms with Gasteiger partial charge in [-0.3, -0.25) is 0 Å². The topological polar surface area (TPSA) is 26.0 Å². The Morgan fingerprint density at radius 2 is 2.00 bits per heavy atom. The first-order chi connectivity index (χ1) is 6.76. The van der Waals surface area contributed by atoms with Crippen LogP contribution in [0.15, 0.2) is 36.2 Å². The van der Waals surface area contributed by atoms with Crippen molar-refractivity contribution < 1.29 is 4.39 Å². The Hall–Kier alpha value is -0.860. The summed E-state index contributed by atoms with van der Waals surface area (Å²) in [6.45, 7) is 0.282. The third kappa shape index (κ3) is 3.48. The van der Waals surface area contributed by atoms with E-state index in [1.165, 1.54) is 0 Å². The van der Waals surface area contributed by atoms with Crippen LogP contribution in [-0.2, 0) is 6.42 Å². The summed E-state index contributed by atoms with van der Waals surface area (Å²) in [6.07, 6.45) is 2.05. The van der Waals surface area contributed by atoms with Crippen molar-refractivity contribution in [3.63, 3.8) is 0 Å². The van der Waals surface area contributed by atoms with Crippen LogP contribution in [0, 0.1) is 0 Å². The van der Waals surface area contributed by atoms with Crippen molar-refractivity contribution in [1.29, 1.82) is 0 Å². The molecule has 0 aliphatic rings. The van der Waals surface area contributed by atoms with Crippen molar-refractivity contribution >= 4 is 11.6 Å². The van der Waals surface area contributed by atoms with Gasteiger partial charge in [-0.25, -0.2) is 4.39 Å². The Labute approximate surface area is 88.4 Å². The van der Waals surface area contributed by atoms with Crippen molar-refractivity contribution in [2.75, 3.05) is 6.54 Å². The van der Waals surface area contributed by atoms with Gasteiger partial charge >= 0.3 is 0 Å². The molecule has 0 atom stereocenters. The zero-order valence-electron chi connectivity index (χ0n) is 7.84. The molecule has 0 spiro atoms. The summed E-state index contributed by atoms with van der Waals surface area (Å²) < 4.78 is 12.2. The summed E-state index contributed by atoms with van der Waals surface area (Å²) >= 11 is 5.74. The van der Waals surface area contributed by atoms with Crippen molar-refractivity contribution in [1.82, 2.24) is 0 Å². The fourth-order valence-corrected chi connectivity index (χ4v) is 1.28. The Bertz CT molecular complexity index is 306. The van der Waals surface area contributed by atoms with Crippen LogP contribution in [0.25, 0.3) is 0 Å². The number of halogens is 2. The lowest BCUT2D eigenvalue weighted by atomic mass is 10.1. The summed E-state index contributed by atoms with van der Waals surface area (Å²) in [5.41, 5.74) is 7.12. The van der Waals surface area contributed by atoms with Crippen LogP contribution in [0.2, 0.25) is 5.02 Å². The molecule has 0 bridgehead atoms. The van der Waals surface area contributed by atoms with Gasteiger partial charge in [-0.2, -0.15) is 0 Å². The lowest BCUT2D eigenvalue weighted by molar-refractivity contribution is 0.692. The van der Waals surface area contributed by atoms with Gasteiger partial charge in [0.1, 0.15) is 0 Å². The molecule has 0 unspecified atom stereocenters. The molecular weight excluding hydrogens is 201 g/mol. The predicted octanol–water partition coefficient (Wildman–Crippen LogP) is 3.08. The van der Waals surface area contributed by atoms with Crippen LogP contribution >= 0.6 is 11.6 Å². The Balaban J connectivity index is 2.49. The van der Waals surface area contributed by atoms with Gasteiger partial charge in [-0.15, -0.1) is 0 Å². The molecule has 0 saturated heterocycles. The van der Waals surface area contributed by atoms with Crippen LogP contribution in [0.4, 0.5) is 4.39 Å². The maximum absolute atomic E-state index is 12.2. The van der Waals surface area contributed by atoms with Crippen LogP contribution in [0.5, 0.6) is 0 Å². The number of hydrogen-bond donors (Lipinski definition) is 1. The zero-order valence-corrected chi connectivity index (χ0v) is 8.60. The highest BCUT2D eigenvalue weighted by Crippen LogP contribution is 2.13. The first-order valence-electron chi connectivity index (χ1n) is 4.49. The van der Waals surface area contributed by atoms with Gasteiger partial charge in [0.25, 0.3) is 0 Å². The van der Waals surface area contributed by atoms with Gasteiger partial charge in [0.05, 0.1) is 6.33 Å². The first-order valence-corrected chi connectivity index (χ1v) is 4.86. The third-order valence-electron chi connectivity index (χ3n) is 2.06. The Morgan fingerprint density at radius 1 is 1.36 bits per heavy atom. The molecule has 1 aromatic rings. The van der Waals surface area contributed by atoms with E-state index in [9.17, 15) is 4.39 Å². The molecule has 0 aliphatic carbocycles. The number of benzene rings is 1. The first kappa shape index (κ1) is 11.2. The SMILES string of the molecule is NC/C(=C/F)CCc1ccc(Cl)cc1. The molecular formula is C11H13ClFN. The molecule has 0 aliphatic heterocycles. The number of aryl methyl sites for hydroxylation is 1. The van der Waals surface area contributed by atoms with Crippen LogP contribution in [0.3, 0.4) is 0 Å². The summed E-state index contributed by atoms with van der Waals surface area (Å²) in [7, 11) is 0. The lowest BCUT2D eigenvalue weighted by Gasteiger charge is -2.02. The largest absolute Gasteiger partial charge is 0.327 e. The average molecular weight is 214 g/mol. The second-order valence-corrected chi connectivity index (χ2v) is 3.53. The summed E-state index contributed by atoms with van der Waals surface area (Å²) in [5, 5.41) is 0.717. The van der Waals surface area contributed by atoms with E-state index in [1.54, 1.807) is 0 Å². The van der Waals surface area contributed by atoms with Crippen LogP contribution in [-0.4, -0.2) is 6.54 Å². The normalized spacial score (nSPS) is 11.8. The number of nitrogens with two attached hydrogens (primary N) is 1. The van der Waals surface area contributed by atoms with Gasteiger partial charge in [0.2, 0.25) is 0 Å². The maximum atomic E-state index is 12.2. The zero-order chi connectivity index (χ0) is 10.4. The highest BCUT2D eigenvalue weighted by Gasteiger charge is 1.97. The molecule has 2 N–H and O–H groups in total. The van der Waals surface area contributed by atoms with Gasteiger partial charge in [0.15, 0.2) is 0 Å². The van der Waals surface area contributed by atoms with E-state index in [-0.39, 0.29) is 6.54 Å². The van der Waals surface area contributed by atoms with Gasteiger partial charge < -0.3 is 5.73 Å². The molecule has 1 rings (SSSR count). The monoisotopic (exact) mass is 213 g/mol. The predicted molar refractivity (Wildman–Crippen MR) is 58.0 cm³/mol. The maximum Gasteiger partial charge on any atom is 0.0871 e. The quantitative estimate of drug-likeness (QED) is 0.818. The molecule has 3 heteroatoms. The second-order valence-electron chi connectivity index (χ2n) is 3.10. The fourth-order valence-electron chi connectivity index (χ4n) is 1.16. The smallest absolute Gasteiger partial charge is 0.0871 e. The molecule has 0 aromatic heterocycles. The van der Waals surface area contributed by atoms with E-state index >= 15 is 0 Å².